The molecule has 1 heterocycles. The number of benzene rings is 1. The maximum absolute atomic E-state index is 13.5. The number of rotatable bonds is 1. The maximum Gasteiger partial charge on any atom is 0.147 e. The summed E-state index contributed by atoms with van der Waals surface area (Å²) in [6.07, 6.45) is 1.13. The highest BCUT2D eigenvalue weighted by molar-refractivity contribution is 5.84. The smallest absolute Gasteiger partial charge is 0.147 e. The average molecular weight is 193 g/mol. The molecule has 0 amide bonds. The number of nitrogens with one attached hydrogen (secondary N) is 1. The van der Waals surface area contributed by atoms with Gasteiger partial charge in [0.1, 0.15) is 5.82 Å². The number of halogens is 1. The van der Waals surface area contributed by atoms with Crippen LogP contribution in [0.15, 0.2) is 18.3 Å². The van der Waals surface area contributed by atoms with E-state index in [1.165, 1.54) is 6.07 Å². The maximum atomic E-state index is 13.5. The van der Waals surface area contributed by atoms with E-state index in [1.807, 2.05) is 13.0 Å². The number of aryl methyl sites for hydroxylation is 1. The van der Waals surface area contributed by atoms with Gasteiger partial charge in [-0.1, -0.05) is 0 Å². The van der Waals surface area contributed by atoms with E-state index in [0.717, 1.165) is 10.9 Å². The zero-order valence-electron chi connectivity index (χ0n) is 8.13. The van der Waals surface area contributed by atoms with E-state index in [4.69, 9.17) is 0 Å². The van der Waals surface area contributed by atoms with Gasteiger partial charge in [0.05, 0.1) is 11.6 Å². The standard InChI is InChI=1S/C11H12FNO/c1-6-5-13-11-9(6)3-8(7(2)14)4-10(11)12/h3-5,7,13-14H,1-2H3. The van der Waals surface area contributed by atoms with Gasteiger partial charge in [-0.2, -0.15) is 0 Å². The van der Waals surface area contributed by atoms with Gasteiger partial charge in [0, 0.05) is 11.6 Å². The van der Waals surface area contributed by atoms with Crippen LogP contribution in [0.3, 0.4) is 0 Å². The fourth-order valence-electron chi connectivity index (χ4n) is 1.58. The largest absolute Gasteiger partial charge is 0.389 e. The topological polar surface area (TPSA) is 36.0 Å². The summed E-state index contributed by atoms with van der Waals surface area (Å²) in [5, 5.41) is 10.2. The molecule has 14 heavy (non-hydrogen) atoms. The van der Waals surface area contributed by atoms with Crippen LogP contribution in [0.2, 0.25) is 0 Å². The quantitative estimate of drug-likeness (QED) is 0.717. The third-order valence-corrected chi connectivity index (χ3v) is 2.45. The van der Waals surface area contributed by atoms with Crippen LogP contribution in [0.1, 0.15) is 24.2 Å². The number of H-pyrrole nitrogens is 1. The lowest BCUT2D eigenvalue weighted by atomic mass is 10.1. The van der Waals surface area contributed by atoms with Crippen molar-refractivity contribution in [2.45, 2.75) is 20.0 Å². The van der Waals surface area contributed by atoms with Gasteiger partial charge in [0.25, 0.3) is 0 Å². The van der Waals surface area contributed by atoms with Crippen molar-refractivity contribution in [3.63, 3.8) is 0 Å². The van der Waals surface area contributed by atoms with Gasteiger partial charge in [-0.15, -0.1) is 0 Å². The molecule has 0 aliphatic carbocycles. The molecule has 0 spiro atoms. The summed E-state index contributed by atoms with van der Waals surface area (Å²) in [5.74, 6) is -0.313. The summed E-state index contributed by atoms with van der Waals surface area (Å²) in [4.78, 5) is 2.87. The van der Waals surface area contributed by atoms with Gasteiger partial charge in [-0.05, 0) is 37.1 Å². The summed E-state index contributed by atoms with van der Waals surface area (Å²) in [6.45, 7) is 3.53. The third kappa shape index (κ3) is 1.30. The Balaban J connectivity index is 2.75. The zero-order valence-corrected chi connectivity index (χ0v) is 8.13. The second kappa shape index (κ2) is 3.10. The number of hydrogen-bond acceptors (Lipinski definition) is 1. The summed E-state index contributed by atoms with van der Waals surface area (Å²) in [7, 11) is 0. The molecule has 74 valence electrons. The highest BCUT2D eigenvalue weighted by Crippen LogP contribution is 2.25. The Labute approximate surface area is 81.4 Å². The van der Waals surface area contributed by atoms with Crippen LogP contribution < -0.4 is 0 Å². The van der Waals surface area contributed by atoms with Crippen molar-refractivity contribution in [1.82, 2.24) is 4.98 Å². The lowest BCUT2D eigenvalue weighted by Gasteiger charge is -2.05. The first-order valence-electron chi connectivity index (χ1n) is 4.55. The molecular formula is C11H12FNO. The van der Waals surface area contributed by atoms with Crippen LogP contribution in [-0.2, 0) is 0 Å². The molecule has 0 fully saturated rings. The van der Waals surface area contributed by atoms with Gasteiger partial charge in [0.2, 0.25) is 0 Å². The van der Waals surface area contributed by atoms with Gasteiger partial charge >= 0.3 is 0 Å². The van der Waals surface area contributed by atoms with E-state index in [2.05, 4.69) is 4.98 Å². The molecule has 1 atom stereocenters. The molecule has 2 rings (SSSR count). The molecule has 2 nitrogen and oxygen atoms in total. The van der Waals surface area contributed by atoms with E-state index in [0.29, 0.717) is 11.1 Å². The normalized spacial score (nSPS) is 13.4. The highest BCUT2D eigenvalue weighted by Gasteiger charge is 2.09. The zero-order chi connectivity index (χ0) is 10.3. The first kappa shape index (κ1) is 9.21. The number of aliphatic hydroxyl groups excluding tert-OH is 1. The van der Waals surface area contributed by atoms with Crippen molar-refractivity contribution in [1.29, 1.82) is 0 Å². The molecule has 2 aromatic rings. The lowest BCUT2D eigenvalue weighted by Crippen LogP contribution is -1.92. The van der Waals surface area contributed by atoms with E-state index < -0.39 is 6.10 Å². The molecule has 2 N–H and O–H groups in total. The van der Waals surface area contributed by atoms with E-state index in [1.54, 1.807) is 13.1 Å². The van der Waals surface area contributed by atoms with Crippen molar-refractivity contribution in [2.24, 2.45) is 0 Å². The minimum Gasteiger partial charge on any atom is -0.389 e. The van der Waals surface area contributed by atoms with Gasteiger partial charge < -0.3 is 10.1 Å². The fourth-order valence-corrected chi connectivity index (χ4v) is 1.58. The average Bonchev–Trinajstić information content (AvgIpc) is 2.48. The SMILES string of the molecule is Cc1c[nH]c2c(F)cc(C(C)O)cc12. The second-order valence-corrected chi connectivity index (χ2v) is 3.57. The van der Waals surface area contributed by atoms with Crippen LogP contribution in [-0.4, -0.2) is 10.1 Å². The van der Waals surface area contributed by atoms with Gasteiger partial charge in [-0.3, -0.25) is 0 Å². The molecule has 0 saturated carbocycles. The molecule has 1 unspecified atom stereocenters. The Morgan fingerprint density at radius 3 is 2.79 bits per heavy atom. The molecule has 0 radical (unpaired) electrons. The summed E-state index contributed by atoms with van der Waals surface area (Å²) >= 11 is 0. The van der Waals surface area contributed by atoms with Crippen molar-refractivity contribution in [2.75, 3.05) is 0 Å². The van der Waals surface area contributed by atoms with Crippen molar-refractivity contribution in [3.05, 3.63) is 35.3 Å². The van der Waals surface area contributed by atoms with Crippen LogP contribution in [0.25, 0.3) is 10.9 Å². The summed E-state index contributed by atoms with van der Waals surface area (Å²) in [5.41, 5.74) is 2.10. The first-order valence-corrected chi connectivity index (χ1v) is 4.55. The van der Waals surface area contributed by atoms with Crippen molar-refractivity contribution < 1.29 is 9.50 Å². The second-order valence-electron chi connectivity index (χ2n) is 3.57. The van der Waals surface area contributed by atoms with E-state index in [9.17, 15) is 9.50 Å². The number of hydrogen-bond donors (Lipinski definition) is 2. The Hall–Kier alpha value is -1.35. The summed E-state index contributed by atoms with van der Waals surface area (Å²) in [6, 6.07) is 3.18. The Kier molecular flexibility index (Phi) is 2.04. The van der Waals surface area contributed by atoms with Crippen LogP contribution in [0.4, 0.5) is 4.39 Å². The number of aromatic nitrogens is 1. The molecule has 0 aliphatic heterocycles. The van der Waals surface area contributed by atoms with Crippen LogP contribution in [0, 0.1) is 12.7 Å². The minimum atomic E-state index is -0.636. The Bertz CT molecular complexity index is 473. The lowest BCUT2D eigenvalue weighted by molar-refractivity contribution is 0.199. The molecule has 1 aromatic heterocycles. The van der Waals surface area contributed by atoms with Crippen LogP contribution in [0.5, 0.6) is 0 Å². The number of aromatic amines is 1. The predicted molar refractivity (Wildman–Crippen MR) is 53.6 cm³/mol. The third-order valence-electron chi connectivity index (χ3n) is 2.45. The van der Waals surface area contributed by atoms with Crippen LogP contribution >= 0.6 is 0 Å². The summed E-state index contributed by atoms with van der Waals surface area (Å²) < 4.78 is 13.5. The fraction of sp³-hybridized carbons (Fsp3) is 0.273. The molecule has 0 saturated heterocycles. The van der Waals surface area contributed by atoms with Crippen molar-refractivity contribution in [3.8, 4) is 0 Å². The Morgan fingerprint density at radius 1 is 1.43 bits per heavy atom. The van der Waals surface area contributed by atoms with Gasteiger partial charge in [0.15, 0.2) is 0 Å². The first-order chi connectivity index (χ1) is 6.59. The number of fused-ring (bicyclic) bond motifs is 1. The Morgan fingerprint density at radius 2 is 2.14 bits per heavy atom. The highest BCUT2D eigenvalue weighted by atomic mass is 19.1. The number of aliphatic hydroxyl groups is 1. The van der Waals surface area contributed by atoms with Gasteiger partial charge in [-0.25, -0.2) is 4.39 Å². The minimum absolute atomic E-state index is 0.313. The molecule has 1 aromatic carbocycles. The predicted octanol–water partition coefficient (Wildman–Crippen LogP) is 2.67. The van der Waals surface area contributed by atoms with E-state index >= 15 is 0 Å². The monoisotopic (exact) mass is 193 g/mol. The molecule has 0 bridgehead atoms. The molecule has 0 aliphatic rings. The van der Waals surface area contributed by atoms with E-state index in [-0.39, 0.29) is 5.82 Å². The molecule has 3 heteroatoms. The molecular weight excluding hydrogens is 181 g/mol. The van der Waals surface area contributed by atoms with Crippen molar-refractivity contribution >= 4 is 10.9 Å².